The molecule has 0 unspecified atom stereocenters. The van der Waals surface area contributed by atoms with E-state index in [0.29, 0.717) is 0 Å². The fourth-order valence-corrected chi connectivity index (χ4v) is 6.39. The lowest BCUT2D eigenvalue weighted by Gasteiger charge is -2.34. The molecule has 0 aromatic heterocycles. The van der Waals surface area contributed by atoms with Gasteiger partial charge in [0, 0.05) is 25.0 Å². The molecule has 0 aliphatic carbocycles. The summed E-state index contributed by atoms with van der Waals surface area (Å²) < 4.78 is 34.7. The number of hydrogen-bond donors (Lipinski definition) is 1. The van der Waals surface area contributed by atoms with Crippen LogP contribution < -0.4 is 14.4 Å². The van der Waals surface area contributed by atoms with Gasteiger partial charge in [-0.1, -0.05) is 84.4 Å². The van der Waals surface area contributed by atoms with Crippen molar-refractivity contribution >= 4 is 39.1 Å². The van der Waals surface area contributed by atoms with E-state index in [-0.39, 0.29) is 40.2 Å². The molecule has 4 rings (SSSR count). The van der Waals surface area contributed by atoms with E-state index in [0.717, 1.165) is 21.0 Å². The number of carbonyl (C=O) groups excluding carboxylic acids is 2. The number of likely N-dealkylation sites (N-methyl/N-ethyl adjacent to an activating group) is 1. The van der Waals surface area contributed by atoms with Crippen LogP contribution in [0.2, 0.25) is 5.02 Å². The molecule has 1 atom stereocenters. The number of ether oxygens (including phenoxy) is 1. The summed E-state index contributed by atoms with van der Waals surface area (Å²) in [6.07, 6.45) is 0.226. The molecule has 0 aliphatic heterocycles. The van der Waals surface area contributed by atoms with Crippen molar-refractivity contribution in [3.05, 3.63) is 125 Å². The van der Waals surface area contributed by atoms with E-state index in [4.69, 9.17) is 16.3 Å². The molecular formula is C33H34ClN3O5S. The van der Waals surface area contributed by atoms with Crippen molar-refractivity contribution in [1.29, 1.82) is 0 Å². The molecule has 0 saturated carbocycles. The summed E-state index contributed by atoms with van der Waals surface area (Å²) in [6, 6.07) is 28.4. The second-order valence-electron chi connectivity index (χ2n) is 9.91. The third-order valence-electron chi connectivity index (χ3n) is 7.14. The molecule has 0 bridgehead atoms. The quantitative estimate of drug-likeness (QED) is 0.234. The molecule has 8 nitrogen and oxygen atoms in total. The molecule has 224 valence electrons. The van der Waals surface area contributed by atoms with Gasteiger partial charge < -0.3 is 15.0 Å². The number of carbonyl (C=O) groups is 2. The number of aryl methyl sites for hydroxylation is 1. The SMILES string of the molecule is CNC(=O)[C@@H](Cc1ccccc1)N(Cc1ccccc1C)C(=O)CN(c1cc(Cl)ccc1OC)S(=O)(=O)c1ccccc1. The number of halogens is 1. The van der Waals surface area contributed by atoms with Crippen LogP contribution in [0.25, 0.3) is 0 Å². The minimum Gasteiger partial charge on any atom is -0.495 e. The van der Waals surface area contributed by atoms with Crippen molar-refractivity contribution in [2.45, 2.75) is 30.8 Å². The van der Waals surface area contributed by atoms with Crippen LogP contribution in [0.4, 0.5) is 5.69 Å². The lowest BCUT2D eigenvalue weighted by Crippen LogP contribution is -2.53. The summed E-state index contributed by atoms with van der Waals surface area (Å²) in [7, 11) is -1.35. The van der Waals surface area contributed by atoms with Gasteiger partial charge in [0.25, 0.3) is 10.0 Å². The first kappa shape index (κ1) is 31.6. The topological polar surface area (TPSA) is 96.0 Å². The predicted octanol–water partition coefficient (Wildman–Crippen LogP) is 5.24. The van der Waals surface area contributed by atoms with Gasteiger partial charge in [-0.05, 0) is 53.9 Å². The second-order valence-corrected chi connectivity index (χ2v) is 12.2. The summed E-state index contributed by atoms with van der Waals surface area (Å²) in [5.41, 5.74) is 2.71. The zero-order valence-corrected chi connectivity index (χ0v) is 25.8. The van der Waals surface area contributed by atoms with Crippen LogP contribution >= 0.6 is 11.6 Å². The monoisotopic (exact) mass is 619 g/mol. The molecule has 0 spiro atoms. The Morgan fingerprint density at radius 1 is 0.907 bits per heavy atom. The van der Waals surface area contributed by atoms with E-state index >= 15 is 0 Å². The Bertz CT molecular complexity index is 1670. The summed E-state index contributed by atoms with van der Waals surface area (Å²) in [4.78, 5) is 29.2. The largest absolute Gasteiger partial charge is 0.495 e. The number of nitrogens with zero attached hydrogens (tertiary/aromatic N) is 2. The van der Waals surface area contributed by atoms with Crippen LogP contribution in [0, 0.1) is 6.92 Å². The zero-order chi connectivity index (χ0) is 31.0. The van der Waals surface area contributed by atoms with Crippen LogP contribution in [0.3, 0.4) is 0 Å². The fraction of sp³-hybridized carbons (Fsp3) is 0.212. The molecule has 10 heteroatoms. The van der Waals surface area contributed by atoms with Crippen LogP contribution in [-0.4, -0.2) is 51.9 Å². The summed E-state index contributed by atoms with van der Waals surface area (Å²) in [6.45, 7) is 1.40. The van der Waals surface area contributed by atoms with E-state index < -0.39 is 28.5 Å². The number of methoxy groups -OCH3 is 1. The Hall–Kier alpha value is -4.34. The van der Waals surface area contributed by atoms with Crippen molar-refractivity contribution in [2.24, 2.45) is 0 Å². The Morgan fingerprint density at radius 3 is 2.16 bits per heavy atom. The molecule has 0 saturated heterocycles. The maximum absolute atomic E-state index is 14.4. The molecule has 1 N–H and O–H groups in total. The molecule has 0 radical (unpaired) electrons. The van der Waals surface area contributed by atoms with Gasteiger partial charge in [-0.25, -0.2) is 8.42 Å². The molecule has 0 aliphatic rings. The van der Waals surface area contributed by atoms with E-state index in [2.05, 4.69) is 5.32 Å². The number of amides is 2. The Kier molecular flexibility index (Phi) is 10.4. The van der Waals surface area contributed by atoms with Crippen molar-refractivity contribution in [3.8, 4) is 5.75 Å². The molecule has 4 aromatic rings. The summed E-state index contributed by atoms with van der Waals surface area (Å²) in [5.74, 6) is -0.729. The van der Waals surface area contributed by atoms with Crippen molar-refractivity contribution in [2.75, 3.05) is 25.0 Å². The fourth-order valence-electron chi connectivity index (χ4n) is 4.78. The van der Waals surface area contributed by atoms with Gasteiger partial charge in [0.2, 0.25) is 11.8 Å². The smallest absolute Gasteiger partial charge is 0.264 e. The first-order chi connectivity index (χ1) is 20.6. The van der Waals surface area contributed by atoms with Gasteiger partial charge in [-0.2, -0.15) is 0 Å². The number of benzene rings is 4. The Balaban J connectivity index is 1.84. The van der Waals surface area contributed by atoms with Gasteiger partial charge in [0.15, 0.2) is 0 Å². The van der Waals surface area contributed by atoms with Crippen LogP contribution in [0.5, 0.6) is 5.75 Å². The maximum atomic E-state index is 14.4. The van der Waals surface area contributed by atoms with E-state index in [1.165, 1.54) is 37.3 Å². The van der Waals surface area contributed by atoms with Crippen molar-refractivity contribution in [1.82, 2.24) is 10.2 Å². The lowest BCUT2D eigenvalue weighted by atomic mass is 10.0. The van der Waals surface area contributed by atoms with Gasteiger partial charge in [0.1, 0.15) is 18.3 Å². The molecule has 0 fully saturated rings. The third kappa shape index (κ3) is 7.55. The highest BCUT2D eigenvalue weighted by atomic mass is 35.5. The van der Waals surface area contributed by atoms with Gasteiger partial charge in [0.05, 0.1) is 17.7 Å². The number of rotatable bonds is 12. The molecule has 2 amide bonds. The average molecular weight is 620 g/mol. The first-order valence-electron chi connectivity index (χ1n) is 13.7. The number of hydrogen-bond acceptors (Lipinski definition) is 5. The van der Waals surface area contributed by atoms with Crippen LogP contribution in [0.15, 0.2) is 108 Å². The van der Waals surface area contributed by atoms with Crippen molar-refractivity contribution < 1.29 is 22.7 Å². The molecular weight excluding hydrogens is 586 g/mol. The predicted molar refractivity (Wildman–Crippen MR) is 169 cm³/mol. The van der Waals surface area contributed by atoms with Crippen molar-refractivity contribution in [3.63, 3.8) is 0 Å². The molecule has 0 heterocycles. The van der Waals surface area contributed by atoms with Gasteiger partial charge in [-0.3, -0.25) is 13.9 Å². The number of sulfonamides is 1. The summed E-state index contributed by atoms with van der Waals surface area (Å²) in [5, 5.41) is 2.95. The highest BCUT2D eigenvalue weighted by molar-refractivity contribution is 7.92. The highest BCUT2D eigenvalue weighted by Gasteiger charge is 2.35. The molecule has 43 heavy (non-hydrogen) atoms. The third-order valence-corrected chi connectivity index (χ3v) is 9.15. The van der Waals surface area contributed by atoms with Gasteiger partial charge in [-0.15, -0.1) is 0 Å². The zero-order valence-electron chi connectivity index (χ0n) is 24.2. The lowest BCUT2D eigenvalue weighted by molar-refractivity contribution is -0.139. The number of nitrogens with one attached hydrogen (secondary N) is 1. The van der Waals surface area contributed by atoms with E-state index in [1.54, 1.807) is 30.3 Å². The molecule has 4 aromatic carbocycles. The first-order valence-corrected chi connectivity index (χ1v) is 15.5. The van der Waals surface area contributed by atoms with E-state index in [1.807, 2.05) is 61.5 Å². The van der Waals surface area contributed by atoms with E-state index in [9.17, 15) is 18.0 Å². The summed E-state index contributed by atoms with van der Waals surface area (Å²) >= 11 is 6.31. The van der Waals surface area contributed by atoms with Gasteiger partial charge >= 0.3 is 0 Å². The minimum atomic E-state index is -4.28. The van der Waals surface area contributed by atoms with Crippen LogP contribution in [-0.2, 0) is 32.6 Å². The number of anilines is 1. The highest BCUT2D eigenvalue weighted by Crippen LogP contribution is 2.35. The Labute approximate surface area is 257 Å². The Morgan fingerprint density at radius 2 is 1.53 bits per heavy atom. The normalized spacial score (nSPS) is 11.8. The average Bonchev–Trinajstić information content (AvgIpc) is 3.02. The minimum absolute atomic E-state index is 0.0116. The van der Waals surface area contributed by atoms with Crippen LogP contribution in [0.1, 0.15) is 16.7 Å². The standard InChI is InChI=1S/C33H34ClN3O5S/c1-24-12-10-11-15-26(24)22-36(30(33(39)35-2)20-25-13-6-4-7-14-25)32(38)23-37(29-21-27(34)18-19-31(29)42-3)43(40,41)28-16-8-5-9-17-28/h4-19,21,30H,20,22-23H2,1-3H3,(H,35,39)/t30-/m1/s1. The maximum Gasteiger partial charge on any atom is 0.264 e. The second kappa shape index (κ2) is 14.2.